The van der Waals surface area contributed by atoms with E-state index in [1.54, 1.807) is 0 Å². The second-order valence-electron chi connectivity index (χ2n) is 5.47. The monoisotopic (exact) mass is 452 g/mol. The first-order chi connectivity index (χ1) is 12.3. The van der Waals surface area contributed by atoms with Crippen LogP contribution in [-0.2, 0) is 26.3 Å². The van der Waals surface area contributed by atoms with Crippen LogP contribution in [0.4, 0.5) is 0 Å². The van der Waals surface area contributed by atoms with Crippen molar-refractivity contribution in [1.29, 1.82) is 0 Å². The van der Waals surface area contributed by atoms with Crippen molar-refractivity contribution >= 4 is 62.0 Å². The van der Waals surface area contributed by atoms with Gasteiger partial charge in [-0.1, -0.05) is 66.1 Å². The Morgan fingerprint density at radius 1 is 1.15 bits per heavy atom. The number of nitrogens with zero attached hydrogens (tertiary/aromatic N) is 2. The van der Waals surface area contributed by atoms with Gasteiger partial charge in [-0.15, -0.1) is 0 Å². The quantitative estimate of drug-likeness (QED) is 0.227. The Labute approximate surface area is 193 Å². The minimum absolute atomic E-state index is 0. The first-order valence-electron chi connectivity index (χ1n) is 7.45. The van der Waals surface area contributed by atoms with E-state index in [4.69, 9.17) is 12.2 Å². The topological polar surface area (TPSA) is 97.8 Å². The number of hydrogen-bond donors (Lipinski definition) is 0. The van der Waals surface area contributed by atoms with Gasteiger partial charge in [-0.25, -0.2) is 8.42 Å². The molecule has 2 saturated heterocycles. The first-order valence-corrected chi connectivity index (χ1v) is 11.2. The molecule has 0 aliphatic carbocycles. The molecule has 2 amide bonds. The summed E-state index contributed by atoms with van der Waals surface area (Å²) in [5.74, 6) is -1.26. The summed E-state index contributed by atoms with van der Waals surface area (Å²) < 4.78 is 33.0. The van der Waals surface area contributed by atoms with Crippen LogP contribution in [0.15, 0.2) is 40.3 Å². The van der Waals surface area contributed by atoms with Crippen molar-refractivity contribution in [1.82, 2.24) is 9.80 Å². The fraction of sp³-hybridized carbons (Fsp3) is 0.267. The smallest absolute Gasteiger partial charge is 0.748 e. The largest absolute Gasteiger partial charge is 1.00 e. The SMILES string of the molecule is O=C1/C(=C2\SCC(=O)N2CCS(=O)(=O)[O-])SC(=S)N1Cc1ccccc1.[Na+]. The van der Waals surface area contributed by atoms with Gasteiger partial charge in [0.05, 0.1) is 33.2 Å². The van der Waals surface area contributed by atoms with Gasteiger partial charge in [-0.2, -0.15) is 0 Å². The number of carbonyl (C=O) groups is 2. The van der Waals surface area contributed by atoms with Crippen molar-refractivity contribution in [2.45, 2.75) is 6.54 Å². The number of carbonyl (C=O) groups excluding carboxylic acids is 2. The summed E-state index contributed by atoms with van der Waals surface area (Å²) in [6.45, 7) is 0.0472. The average molecular weight is 453 g/mol. The summed E-state index contributed by atoms with van der Waals surface area (Å²) in [6.07, 6.45) is 0. The molecular weight excluding hydrogens is 439 g/mol. The molecule has 0 aromatic heterocycles. The van der Waals surface area contributed by atoms with Crippen LogP contribution in [0.5, 0.6) is 0 Å². The Morgan fingerprint density at radius 2 is 1.81 bits per heavy atom. The van der Waals surface area contributed by atoms with E-state index in [0.717, 1.165) is 29.1 Å². The fourth-order valence-electron chi connectivity index (χ4n) is 2.45. The minimum atomic E-state index is -4.46. The summed E-state index contributed by atoms with van der Waals surface area (Å²) in [5, 5.41) is 0.367. The molecule has 0 atom stereocenters. The fourth-order valence-corrected chi connectivity index (χ4v) is 5.36. The van der Waals surface area contributed by atoms with Gasteiger partial charge in [0.25, 0.3) is 5.91 Å². The maximum atomic E-state index is 12.8. The third kappa shape index (κ3) is 5.57. The maximum Gasteiger partial charge on any atom is 1.00 e. The molecule has 12 heteroatoms. The molecule has 0 radical (unpaired) electrons. The van der Waals surface area contributed by atoms with Gasteiger partial charge in [0.2, 0.25) is 5.91 Å². The molecule has 2 aliphatic heterocycles. The zero-order chi connectivity index (χ0) is 18.9. The molecule has 3 rings (SSSR count). The van der Waals surface area contributed by atoms with Gasteiger partial charge in [0.15, 0.2) is 0 Å². The molecule has 1 aromatic rings. The Hall–Kier alpha value is -0.400. The summed E-state index contributed by atoms with van der Waals surface area (Å²) in [4.78, 5) is 27.7. The molecule has 0 bridgehead atoms. The van der Waals surface area contributed by atoms with E-state index in [9.17, 15) is 22.6 Å². The third-order valence-corrected chi connectivity index (χ3v) is 7.01. The van der Waals surface area contributed by atoms with Gasteiger partial charge >= 0.3 is 29.6 Å². The van der Waals surface area contributed by atoms with Crippen molar-refractivity contribution < 1.29 is 52.1 Å². The number of thiocarbonyl (C=S) groups is 1. The Kier molecular flexibility index (Phi) is 7.97. The molecule has 0 saturated carbocycles. The van der Waals surface area contributed by atoms with Gasteiger partial charge in [-0.05, 0) is 5.56 Å². The molecule has 1 aromatic carbocycles. The first kappa shape index (κ1) is 22.9. The van der Waals surface area contributed by atoms with E-state index in [1.165, 1.54) is 9.80 Å². The van der Waals surface area contributed by atoms with E-state index in [2.05, 4.69) is 0 Å². The van der Waals surface area contributed by atoms with E-state index in [1.807, 2.05) is 30.3 Å². The summed E-state index contributed by atoms with van der Waals surface area (Å²) in [7, 11) is -4.46. The predicted octanol–water partition coefficient (Wildman–Crippen LogP) is -1.66. The zero-order valence-electron chi connectivity index (χ0n) is 14.3. The maximum absolute atomic E-state index is 12.8. The van der Waals surface area contributed by atoms with Crippen molar-refractivity contribution in [3.63, 3.8) is 0 Å². The van der Waals surface area contributed by atoms with E-state index >= 15 is 0 Å². The van der Waals surface area contributed by atoms with Crippen LogP contribution in [0.3, 0.4) is 0 Å². The van der Waals surface area contributed by atoms with E-state index < -0.39 is 15.9 Å². The standard InChI is InChI=1S/C15H14N2O5S4.Na/c18-11-9-24-14(16(11)6-7-26(20,21)22)12-13(19)17(15(23)25-12)8-10-4-2-1-3-5-10;/h1-5H,6-9H2,(H,20,21,22);/q;+1/p-1/b14-12+;. The van der Waals surface area contributed by atoms with Crippen molar-refractivity contribution in [2.75, 3.05) is 18.1 Å². The second kappa shape index (κ2) is 9.40. The van der Waals surface area contributed by atoms with Crippen molar-refractivity contribution in [3.05, 3.63) is 45.8 Å². The summed E-state index contributed by atoms with van der Waals surface area (Å²) in [5.41, 5.74) is 0.916. The van der Waals surface area contributed by atoms with Crippen molar-refractivity contribution in [3.8, 4) is 0 Å². The second-order valence-corrected chi connectivity index (χ2v) is 9.61. The zero-order valence-corrected chi connectivity index (χ0v) is 19.5. The number of thioether (sulfide) groups is 2. The minimum Gasteiger partial charge on any atom is -0.748 e. The van der Waals surface area contributed by atoms with Crippen LogP contribution in [-0.4, -0.2) is 57.0 Å². The molecule has 27 heavy (non-hydrogen) atoms. The number of amides is 2. The van der Waals surface area contributed by atoms with Gasteiger partial charge in [0, 0.05) is 6.54 Å². The average Bonchev–Trinajstić information content (AvgIpc) is 3.07. The van der Waals surface area contributed by atoms with E-state index in [0.29, 0.717) is 20.8 Å². The van der Waals surface area contributed by atoms with E-state index in [-0.39, 0.29) is 53.7 Å². The number of benzene rings is 1. The van der Waals surface area contributed by atoms with Gasteiger partial charge in [-0.3, -0.25) is 14.5 Å². The molecular formula is C15H13N2NaO5S4. The Balaban J connectivity index is 0.00000261. The molecule has 0 unspecified atom stereocenters. The molecule has 2 heterocycles. The molecule has 0 N–H and O–H groups in total. The molecule has 138 valence electrons. The van der Waals surface area contributed by atoms with Crippen LogP contribution in [0, 0.1) is 0 Å². The summed E-state index contributed by atoms with van der Waals surface area (Å²) in [6, 6.07) is 9.36. The van der Waals surface area contributed by atoms with Crippen LogP contribution in [0.25, 0.3) is 0 Å². The van der Waals surface area contributed by atoms with Crippen molar-refractivity contribution in [2.24, 2.45) is 0 Å². The van der Waals surface area contributed by atoms with Gasteiger partial charge in [0.1, 0.15) is 9.23 Å². The van der Waals surface area contributed by atoms with Crippen LogP contribution >= 0.6 is 35.7 Å². The molecule has 2 aliphatic rings. The predicted molar refractivity (Wildman–Crippen MR) is 103 cm³/mol. The molecule has 0 spiro atoms. The summed E-state index contributed by atoms with van der Waals surface area (Å²) >= 11 is 7.53. The van der Waals surface area contributed by atoms with Crippen LogP contribution in [0.1, 0.15) is 5.56 Å². The molecule has 7 nitrogen and oxygen atoms in total. The van der Waals surface area contributed by atoms with Crippen LogP contribution in [0.2, 0.25) is 0 Å². The molecule has 2 fully saturated rings. The third-order valence-electron chi connectivity index (χ3n) is 3.67. The van der Waals surface area contributed by atoms with Crippen LogP contribution < -0.4 is 29.6 Å². The Morgan fingerprint density at radius 3 is 2.44 bits per heavy atom. The number of rotatable bonds is 5. The van der Waals surface area contributed by atoms with Gasteiger partial charge < -0.3 is 9.45 Å². The normalized spacial score (nSPS) is 20.4. The Bertz CT molecular complexity index is 904. The number of hydrogen-bond acceptors (Lipinski definition) is 8.